The van der Waals surface area contributed by atoms with Crippen molar-refractivity contribution in [2.24, 2.45) is 0 Å². The second-order valence-electron chi connectivity index (χ2n) is 4.74. The van der Waals surface area contributed by atoms with Gasteiger partial charge < -0.3 is 10.4 Å². The van der Waals surface area contributed by atoms with Crippen molar-refractivity contribution in [3.63, 3.8) is 0 Å². The minimum Gasteiger partial charge on any atom is -0.389 e. The molecule has 17 heavy (non-hydrogen) atoms. The standard InChI is InChI=1S/C11H21N3O3/c1-4-12-10(16)13-9(15)8(2)14-6-5-11(3,17)7-14/h8,17H,4-7H2,1-3H3,(H2,12,13,15,16). The second-order valence-corrected chi connectivity index (χ2v) is 4.74. The predicted molar refractivity (Wildman–Crippen MR) is 63.5 cm³/mol. The molecule has 1 aliphatic heterocycles. The number of β-amino-alcohol motifs (C(OH)–C–C–N with tert-alkyl or cyclic N) is 1. The van der Waals surface area contributed by atoms with E-state index >= 15 is 0 Å². The van der Waals surface area contributed by atoms with Crippen LogP contribution in [0.4, 0.5) is 4.79 Å². The van der Waals surface area contributed by atoms with Gasteiger partial charge in [-0.15, -0.1) is 0 Å². The van der Waals surface area contributed by atoms with Gasteiger partial charge in [-0.3, -0.25) is 15.0 Å². The molecular formula is C11H21N3O3. The predicted octanol–water partition coefficient (Wildman–Crippen LogP) is -0.323. The Balaban J connectivity index is 2.45. The van der Waals surface area contributed by atoms with Gasteiger partial charge in [0.25, 0.3) is 0 Å². The van der Waals surface area contributed by atoms with E-state index in [0.717, 1.165) is 0 Å². The van der Waals surface area contributed by atoms with Crippen LogP contribution in [-0.2, 0) is 4.79 Å². The third kappa shape index (κ3) is 3.98. The van der Waals surface area contributed by atoms with Crippen molar-refractivity contribution < 1.29 is 14.7 Å². The molecule has 98 valence electrons. The van der Waals surface area contributed by atoms with E-state index in [4.69, 9.17) is 0 Å². The number of urea groups is 1. The molecule has 3 amide bonds. The van der Waals surface area contributed by atoms with Crippen LogP contribution in [0, 0.1) is 0 Å². The van der Waals surface area contributed by atoms with E-state index in [1.54, 1.807) is 20.8 Å². The number of hydrogen-bond donors (Lipinski definition) is 3. The van der Waals surface area contributed by atoms with E-state index in [9.17, 15) is 14.7 Å². The quantitative estimate of drug-likeness (QED) is 0.634. The summed E-state index contributed by atoms with van der Waals surface area (Å²) in [6.07, 6.45) is 0.645. The molecule has 1 rings (SSSR count). The molecule has 0 aromatic heterocycles. The number of likely N-dealkylation sites (tertiary alicyclic amines) is 1. The summed E-state index contributed by atoms with van der Waals surface area (Å²) in [5.41, 5.74) is -0.736. The molecule has 6 nitrogen and oxygen atoms in total. The van der Waals surface area contributed by atoms with Crippen LogP contribution in [0.2, 0.25) is 0 Å². The van der Waals surface area contributed by atoms with Crippen LogP contribution in [0.5, 0.6) is 0 Å². The summed E-state index contributed by atoms with van der Waals surface area (Å²) in [5.74, 6) is -0.339. The fourth-order valence-electron chi connectivity index (χ4n) is 1.90. The summed E-state index contributed by atoms with van der Waals surface area (Å²) in [7, 11) is 0. The molecule has 2 atom stereocenters. The van der Waals surface area contributed by atoms with Gasteiger partial charge in [0.15, 0.2) is 0 Å². The third-order valence-electron chi connectivity index (χ3n) is 2.98. The highest BCUT2D eigenvalue weighted by atomic mass is 16.3. The van der Waals surface area contributed by atoms with Gasteiger partial charge in [0.1, 0.15) is 0 Å². The molecule has 0 saturated carbocycles. The number of carbonyl (C=O) groups is 2. The van der Waals surface area contributed by atoms with Crippen LogP contribution in [-0.4, -0.2) is 53.2 Å². The lowest BCUT2D eigenvalue weighted by atomic mass is 10.1. The normalized spacial score (nSPS) is 26.6. The summed E-state index contributed by atoms with van der Waals surface area (Å²) >= 11 is 0. The Hall–Kier alpha value is -1.14. The zero-order valence-electron chi connectivity index (χ0n) is 10.6. The average molecular weight is 243 g/mol. The van der Waals surface area contributed by atoms with Crippen molar-refractivity contribution in [3.8, 4) is 0 Å². The highest BCUT2D eigenvalue weighted by Gasteiger charge is 2.36. The third-order valence-corrected chi connectivity index (χ3v) is 2.98. The summed E-state index contributed by atoms with van der Waals surface area (Å²) in [5, 5.41) is 14.6. The number of rotatable bonds is 3. The van der Waals surface area contributed by atoms with Crippen LogP contribution in [0.25, 0.3) is 0 Å². The lowest BCUT2D eigenvalue weighted by molar-refractivity contribution is -0.124. The topological polar surface area (TPSA) is 81.7 Å². The van der Waals surface area contributed by atoms with Crippen molar-refractivity contribution in [3.05, 3.63) is 0 Å². The molecule has 1 aliphatic rings. The number of aliphatic hydroxyl groups is 1. The van der Waals surface area contributed by atoms with E-state index in [0.29, 0.717) is 26.1 Å². The average Bonchev–Trinajstić information content (AvgIpc) is 2.58. The number of nitrogens with zero attached hydrogens (tertiary/aromatic N) is 1. The first-order chi connectivity index (χ1) is 7.85. The summed E-state index contributed by atoms with van der Waals surface area (Å²) in [6, 6.07) is -0.887. The summed E-state index contributed by atoms with van der Waals surface area (Å²) < 4.78 is 0. The monoisotopic (exact) mass is 243 g/mol. The Morgan fingerprint density at radius 2 is 2.18 bits per heavy atom. The molecule has 1 heterocycles. The Kier molecular flexibility index (Phi) is 4.47. The van der Waals surface area contributed by atoms with Crippen molar-refractivity contribution in [1.29, 1.82) is 0 Å². The molecule has 2 unspecified atom stereocenters. The van der Waals surface area contributed by atoms with Gasteiger partial charge in [0, 0.05) is 19.6 Å². The molecule has 0 spiro atoms. The van der Waals surface area contributed by atoms with E-state index in [1.807, 2.05) is 4.90 Å². The molecule has 0 aromatic carbocycles. The minimum atomic E-state index is -0.736. The smallest absolute Gasteiger partial charge is 0.321 e. The first kappa shape index (κ1) is 13.9. The zero-order chi connectivity index (χ0) is 13.1. The van der Waals surface area contributed by atoms with Gasteiger partial charge >= 0.3 is 6.03 Å². The zero-order valence-corrected chi connectivity index (χ0v) is 10.6. The van der Waals surface area contributed by atoms with E-state index in [-0.39, 0.29) is 5.91 Å². The van der Waals surface area contributed by atoms with Crippen molar-refractivity contribution in [2.75, 3.05) is 19.6 Å². The molecule has 3 N–H and O–H groups in total. The first-order valence-electron chi connectivity index (χ1n) is 5.91. The largest absolute Gasteiger partial charge is 0.389 e. The molecule has 1 saturated heterocycles. The van der Waals surface area contributed by atoms with Crippen molar-refractivity contribution in [1.82, 2.24) is 15.5 Å². The first-order valence-corrected chi connectivity index (χ1v) is 5.91. The lowest BCUT2D eigenvalue weighted by Crippen LogP contribution is -2.49. The molecule has 0 bridgehead atoms. The molecule has 6 heteroatoms. The van der Waals surface area contributed by atoms with Gasteiger partial charge in [0.2, 0.25) is 5.91 Å². The second kappa shape index (κ2) is 5.46. The van der Waals surface area contributed by atoms with Crippen molar-refractivity contribution in [2.45, 2.75) is 38.8 Å². The number of amides is 3. The maximum atomic E-state index is 11.7. The van der Waals surface area contributed by atoms with E-state index < -0.39 is 17.7 Å². The lowest BCUT2D eigenvalue weighted by Gasteiger charge is -2.24. The molecule has 1 fully saturated rings. The molecule has 0 aliphatic carbocycles. The van der Waals surface area contributed by atoms with E-state index in [1.165, 1.54) is 0 Å². The molecular weight excluding hydrogens is 222 g/mol. The number of hydrogen-bond acceptors (Lipinski definition) is 4. The Labute approximate surface area is 101 Å². The van der Waals surface area contributed by atoms with Gasteiger partial charge in [-0.2, -0.15) is 0 Å². The van der Waals surface area contributed by atoms with Gasteiger partial charge in [0.05, 0.1) is 11.6 Å². The number of nitrogens with one attached hydrogen (secondary N) is 2. The van der Waals surface area contributed by atoms with Gasteiger partial charge in [-0.25, -0.2) is 4.79 Å². The Morgan fingerprint density at radius 1 is 1.53 bits per heavy atom. The fraction of sp³-hybridized carbons (Fsp3) is 0.818. The number of carbonyl (C=O) groups excluding carboxylic acids is 2. The highest BCUT2D eigenvalue weighted by Crippen LogP contribution is 2.21. The van der Waals surface area contributed by atoms with Crippen LogP contribution < -0.4 is 10.6 Å². The fourth-order valence-corrected chi connectivity index (χ4v) is 1.90. The van der Waals surface area contributed by atoms with Gasteiger partial charge in [-0.1, -0.05) is 0 Å². The van der Waals surface area contributed by atoms with Crippen LogP contribution in [0.3, 0.4) is 0 Å². The molecule has 0 aromatic rings. The van der Waals surface area contributed by atoms with Gasteiger partial charge in [-0.05, 0) is 27.2 Å². The summed E-state index contributed by atoms with van der Waals surface area (Å²) in [6.45, 7) is 6.86. The number of imide groups is 1. The van der Waals surface area contributed by atoms with E-state index in [2.05, 4.69) is 10.6 Å². The SMILES string of the molecule is CCNC(=O)NC(=O)C(C)N1CCC(C)(O)C1. The maximum absolute atomic E-state index is 11.7. The van der Waals surface area contributed by atoms with Crippen LogP contribution in [0.1, 0.15) is 27.2 Å². The van der Waals surface area contributed by atoms with Crippen molar-refractivity contribution >= 4 is 11.9 Å². The minimum absolute atomic E-state index is 0.339. The summed E-state index contributed by atoms with van der Waals surface area (Å²) in [4.78, 5) is 24.8. The highest BCUT2D eigenvalue weighted by molar-refractivity contribution is 5.96. The van der Waals surface area contributed by atoms with Crippen LogP contribution >= 0.6 is 0 Å². The molecule has 0 radical (unpaired) electrons. The maximum Gasteiger partial charge on any atom is 0.321 e. The van der Waals surface area contributed by atoms with Crippen LogP contribution in [0.15, 0.2) is 0 Å². The Bertz CT molecular complexity index is 304. The Morgan fingerprint density at radius 3 is 2.65 bits per heavy atom.